The SMILES string of the molecule is COC(=O)/C(=C(\C(=O)OC)P(c1ccccc1)c1ccccc1)[C@H]1C=Cc2ccc3cccnc3c2N1. The molecule has 0 aliphatic carbocycles. The molecule has 1 atom stereocenters. The Kier molecular flexibility index (Phi) is 7.11. The second-order valence-electron chi connectivity index (χ2n) is 8.34. The Balaban J connectivity index is 1.75. The molecule has 1 aliphatic heterocycles. The highest BCUT2D eigenvalue weighted by Gasteiger charge is 2.36. The fourth-order valence-corrected chi connectivity index (χ4v) is 6.98. The summed E-state index contributed by atoms with van der Waals surface area (Å²) in [7, 11) is 1.20. The average Bonchev–Trinajstić information content (AvgIpc) is 2.97. The van der Waals surface area contributed by atoms with Crippen molar-refractivity contribution in [2.75, 3.05) is 19.5 Å². The fourth-order valence-electron chi connectivity index (χ4n) is 4.48. The first kappa shape index (κ1) is 24.4. The van der Waals surface area contributed by atoms with Gasteiger partial charge in [-0.25, -0.2) is 9.59 Å². The van der Waals surface area contributed by atoms with E-state index < -0.39 is 25.9 Å². The number of anilines is 1. The third kappa shape index (κ3) is 4.76. The number of pyridine rings is 1. The topological polar surface area (TPSA) is 77.5 Å². The molecular formula is C30H25N2O4P. The summed E-state index contributed by atoms with van der Waals surface area (Å²) in [5.74, 6) is -1.17. The molecule has 6 nitrogen and oxygen atoms in total. The van der Waals surface area contributed by atoms with E-state index in [-0.39, 0.29) is 10.9 Å². The van der Waals surface area contributed by atoms with Gasteiger partial charge in [0.2, 0.25) is 0 Å². The van der Waals surface area contributed by atoms with Crippen molar-refractivity contribution in [1.29, 1.82) is 0 Å². The van der Waals surface area contributed by atoms with E-state index in [0.717, 1.165) is 32.8 Å². The molecule has 4 aromatic rings. The van der Waals surface area contributed by atoms with Gasteiger partial charge in [0.05, 0.1) is 42.4 Å². The number of aromatic nitrogens is 1. The third-order valence-electron chi connectivity index (χ3n) is 6.18. The van der Waals surface area contributed by atoms with E-state index in [2.05, 4.69) is 10.3 Å². The third-order valence-corrected chi connectivity index (χ3v) is 8.68. The quantitative estimate of drug-likeness (QED) is 0.230. The van der Waals surface area contributed by atoms with Gasteiger partial charge in [0, 0.05) is 11.6 Å². The minimum absolute atomic E-state index is 0.211. The molecule has 1 N–H and O–H groups in total. The summed E-state index contributed by atoms with van der Waals surface area (Å²) >= 11 is 0. The lowest BCUT2D eigenvalue weighted by atomic mass is 9.97. The minimum atomic E-state index is -1.45. The van der Waals surface area contributed by atoms with E-state index >= 15 is 0 Å². The van der Waals surface area contributed by atoms with E-state index in [9.17, 15) is 9.59 Å². The average molecular weight is 509 g/mol. The predicted molar refractivity (Wildman–Crippen MR) is 148 cm³/mol. The van der Waals surface area contributed by atoms with Crippen molar-refractivity contribution < 1.29 is 19.1 Å². The fraction of sp³-hybridized carbons (Fsp3) is 0.100. The lowest BCUT2D eigenvalue weighted by Gasteiger charge is -2.29. The van der Waals surface area contributed by atoms with Crippen LogP contribution in [0.3, 0.4) is 0 Å². The molecular weight excluding hydrogens is 483 g/mol. The zero-order valence-electron chi connectivity index (χ0n) is 20.4. The Bertz CT molecular complexity index is 1480. The Morgan fingerprint density at radius 3 is 2.08 bits per heavy atom. The lowest BCUT2D eigenvalue weighted by molar-refractivity contribution is -0.138. The summed E-state index contributed by atoms with van der Waals surface area (Å²) in [5.41, 5.74) is 2.73. The Labute approximate surface area is 216 Å². The monoisotopic (exact) mass is 508 g/mol. The molecule has 0 fully saturated rings. The normalized spacial score (nSPS) is 14.9. The number of ether oxygens (including phenoxy) is 2. The molecule has 0 bridgehead atoms. The second-order valence-corrected chi connectivity index (χ2v) is 10.5. The van der Waals surface area contributed by atoms with Crippen molar-refractivity contribution in [3.8, 4) is 0 Å². The molecule has 1 aliphatic rings. The first-order valence-electron chi connectivity index (χ1n) is 11.8. The highest BCUT2D eigenvalue weighted by Crippen LogP contribution is 2.47. The number of nitrogens with zero attached hydrogens (tertiary/aromatic N) is 1. The molecule has 2 heterocycles. The smallest absolute Gasteiger partial charge is 0.339 e. The van der Waals surface area contributed by atoms with E-state index in [1.165, 1.54) is 14.2 Å². The van der Waals surface area contributed by atoms with Gasteiger partial charge in [0.1, 0.15) is 0 Å². The van der Waals surface area contributed by atoms with Crippen LogP contribution < -0.4 is 15.9 Å². The van der Waals surface area contributed by atoms with Crippen molar-refractivity contribution in [3.63, 3.8) is 0 Å². The van der Waals surface area contributed by atoms with Gasteiger partial charge in [0.25, 0.3) is 0 Å². The Morgan fingerprint density at radius 1 is 0.811 bits per heavy atom. The maximum atomic E-state index is 13.5. The van der Waals surface area contributed by atoms with Gasteiger partial charge < -0.3 is 14.8 Å². The minimum Gasteiger partial charge on any atom is -0.466 e. The van der Waals surface area contributed by atoms with Crippen molar-refractivity contribution in [3.05, 3.63) is 114 Å². The molecule has 3 aromatic carbocycles. The number of fused-ring (bicyclic) bond motifs is 3. The molecule has 0 radical (unpaired) electrons. The summed E-state index contributed by atoms with van der Waals surface area (Å²) in [6.45, 7) is 0. The van der Waals surface area contributed by atoms with Crippen molar-refractivity contribution >= 4 is 53.1 Å². The molecule has 0 saturated heterocycles. The van der Waals surface area contributed by atoms with Crippen LogP contribution in [0, 0.1) is 0 Å². The maximum absolute atomic E-state index is 13.5. The maximum Gasteiger partial charge on any atom is 0.339 e. The van der Waals surface area contributed by atoms with Crippen LogP contribution in [0.1, 0.15) is 5.56 Å². The summed E-state index contributed by atoms with van der Waals surface area (Å²) in [6.07, 6.45) is 5.55. The Morgan fingerprint density at radius 2 is 1.46 bits per heavy atom. The molecule has 1 aromatic heterocycles. The highest BCUT2D eigenvalue weighted by molar-refractivity contribution is 7.77. The van der Waals surface area contributed by atoms with E-state index in [1.807, 2.05) is 97.1 Å². The molecule has 0 amide bonds. The number of carbonyl (C=O) groups excluding carboxylic acids is 2. The number of methoxy groups -OCH3 is 2. The number of esters is 2. The van der Waals surface area contributed by atoms with Crippen LogP contribution in [0.15, 0.2) is 108 Å². The highest BCUT2D eigenvalue weighted by atomic mass is 31.1. The zero-order valence-corrected chi connectivity index (χ0v) is 21.3. The van der Waals surface area contributed by atoms with Crippen molar-refractivity contribution in [2.24, 2.45) is 0 Å². The summed E-state index contributed by atoms with van der Waals surface area (Å²) in [6, 6.07) is 26.6. The first-order valence-corrected chi connectivity index (χ1v) is 13.1. The van der Waals surface area contributed by atoms with E-state index in [4.69, 9.17) is 9.47 Å². The van der Waals surface area contributed by atoms with E-state index in [0.29, 0.717) is 0 Å². The number of benzene rings is 3. The molecule has 0 unspecified atom stereocenters. The standard InChI is InChI=1S/C30H25N2O4P/c1-35-29(33)25(24-18-17-21-16-15-20-10-9-19-31-26(20)27(21)32-24)28(30(34)36-2)37(22-11-5-3-6-12-22)23-13-7-4-8-14-23/h3-19,24,32H,1-2H3/b28-25+/t24-/m1/s1. The summed E-state index contributed by atoms with van der Waals surface area (Å²) in [4.78, 5) is 31.5. The molecule has 0 spiro atoms. The van der Waals surface area contributed by atoms with Crippen LogP contribution in [-0.2, 0) is 19.1 Å². The van der Waals surface area contributed by atoms with Crippen molar-refractivity contribution in [2.45, 2.75) is 6.04 Å². The summed E-state index contributed by atoms with van der Waals surface area (Å²) < 4.78 is 10.5. The van der Waals surface area contributed by atoms with E-state index in [1.54, 1.807) is 6.20 Å². The number of rotatable bonds is 6. The van der Waals surface area contributed by atoms with Gasteiger partial charge in [-0.05, 0) is 30.2 Å². The Hall–Kier alpha value is -4.28. The van der Waals surface area contributed by atoms with Crippen LogP contribution >= 0.6 is 7.92 Å². The largest absolute Gasteiger partial charge is 0.466 e. The lowest BCUT2D eigenvalue weighted by Crippen LogP contribution is -2.32. The number of hydrogen-bond acceptors (Lipinski definition) is 6. The van der Waals surface area contributed by atoms with Crippen molar-refractivity contribution in [1.82, 2.24) is 4.98 Å². The molecule has 37 heavy (non-hydrogen) atoms. The van der Waals surface area contributed by atoms with Gasteiger partial charge in [0.15, 0.2) is 0 Å². The van der Waals surface area contributed by atoms with Crippen LogP contribution in [0.5, 0.6) is 0 Å². The second kappa shape index (κ2) is 10.8. The molecule has 5 rings (SSSR count). The van der Waals surface area contributed by atoms with Gasteiger partial charge >= 0.3 is 11.9 Å². The molecule has 0 saturated carbocycles. The number of hydrogen-bond donors (Lipinski definition) is 1. The van der Waals surface area contributed by atoms with Crippen LogP contribution in [0.4, 0.5) is 5.69 Å². The number of nitrogens with one attached hydrogen (secondary N) is 1. The van der Waals surface area contributed by atoms with Gasteiger partial charge in [-0.1, -0.05) is 91.0 Å². The van der Waals surface area contributed by atoms with Gasteiger partial charge in [-0.2, -0.15) is 0 Å². The van der Waals surface area contributed by atoms with Crippen LogP contribution in [0.2, 0.25) is 0 Å². The van der Waals surface area contributed by atoms with Crippen LogP contribution in [-0.4, -0.2) is 37.2 Å². The number of carbonyl (C=O) groups is 2. The predicted octanol–water partition coefficient (Wildman–Crippen LogP) is 4.78. The molecule has 7 heteroatoms. The summed E-state index contributed by atoms with van der Waals surface area (Å²) in [5, 5.41) is 6.54. The molecule has 184 valence electrons. The van der Waals surface area contributed by atoms with Gasteiger partial charge in [-0.15, -0.1) is 0 Å². The van der Waals surface area contributed by atoms with Crippen LogP contribution in [0.25, 0.3) is 17.0 Å². The zero-order chi connectivity index (χ0) is 25.8. The van der Waals surface area contributed by atoms with Gasteiger partial charge in [-0.3, -0.25) is 4.98 Å². The first-order chi connectivity index (χ1) is 18.1.